The lowest BCUT2D eigenvalue weighted by molar-refractivity contribution is 0.0988. The number of nitrogens with zero attached hydrogens (tertiary/aromatic N) is 3. The molecule has 0 aliphatic heterocycles. The van der Waals surface area contributed by atoms with Crippen LogP contribution in [-0.2, 0) is 7.05 Å². The van der Waals surface area contributed by atoms with Crippen molar-refractivity contribution < 1.29 is 13.9 Å². The second-order valence-corrected chi connectivity index (χ2v) is 9.15. The Morgan fingerprint density at radius 1 is 1.17 bits per heavy atom. The highest BCUT2D eigenvalue weighted by Gasteiger charge is 2.22. The number of rotatable bonds is 5. The molecule has 0 unspecified atom stereocenters. The van der Waals surface area contributed by atoms with Crippen LogP contribution < -0.4 is 15.9 Å². The lowest BCUT2D eigenvalue weighted by Crippen LogP contribution is -2.17. The van der Waals surface area contributed by atoms with Gasteiger partial charge >= 0.3 is 0 Å². The van der Waals surface area contributed by atoms with Crippen molar-refractivity contribution in [2.75, 3.05) is 0 Å². The summed E-state index contributed by atoms with van der Waals surface area (Å²) in [5, 5.41) is 5.81. The molecule has 0 radical (unpaired) electrons. The van der Waals surface area contributed by atoms with E-state index >= 15 is 0 Å². The number of primary amides is 1. The smallest absolute Gasteiger partial charge is 0.271 e. The predicted octanol–water partition coefficient (Wildman–Crippen LogP) is 5.25. The summed E-state index contributed by atoms with van der Waals surface area (Å²) in [4.78, 5) is 29.3. The van der Waals surface area contributed by atoms with Crippen LogP contribution >= 0.6 is 11.6 Å². The van der Waals surface area contributed by atoms with Crippen LogP contribution in [-0.4, -0.2) is 20.7 Å². The second-order valence-electron chi connectivity index (χ2n) is 8.76. The van der Waals surface area contributed by atoms with Gasteiger partial charge in [0.25, 0.3) is 5.91 Å². The minimum Gasteiger partial charge on any atom is -0.483 e. The number of ether oxygens (including phenoxy) is 1. The second kappa shape index (κ2) is 8.80. The van der Waals surface area contributed by atoms with Gasteiger partial charge in [0.1, 0.15) is 22.6 Å². The van der Waals surface area contributed by atoms with Gasteiger partial charge < -0.3 is 14.9 Å². The zero-order chi connectivity index (χ0) is 25.7. The molecule has 0 aliphatic rings. The van der Waals surface area contributed by atoms with Gasteiger partial charge in [0.15, 0.2) is 16.9 Å². The van der Waals surface area contributed by atoms with E-state index in [4.69, 9.17) is 26.5 Å². The number of aromatic nitrogens is 3. The van der Waals surface area contributed by atoms with E-state index in [0.29, 0.717) is 27.9 Å². The molecule has 0 saturated carbocycles. The average molecular weight is 503 g/mol. The van der Waals surface area contributed by atoms with Crippen molar-refractivity contribution in [1.82, 2.24) is 14.8 Å². The van der Waals surface area contributed by atoms with Crippen LogP contribution in [0.4, 0.5) is 0 Å². The fourth-order valence-electron chi connectivity index (χ4n) is 4.40. The third-order valence-electron chi connectivity index (χ3n) is 6.20. The quantitative estimate of drug-likeness (QED) is 0.328. The van der Waals surface area contributed by atoms with Gasteiger partial charge in [0, 0.05) is 29.1 Å². The number of nitrogens with two attached hydrogens (primary N) is 1. The van der Waals surface area contributed by atoms with E-state index in [1.54, 1.807) is 36.9 Å². The van der Waals surface area contributed by atoms with E-state index in [9.17, 15) is 9.59 Å². The van der Waals surface area contributed by atoms with E-state index in [1.165, 1.54) is 6.07 Å². The van der Waals surface area contributed by atoms with Crippen molar-refractivity contribution in [3.8, 4) is 17.1 Å². The Labute approximate surface area is 211 Å². The number of fused-ring (bicyclic) bond motifs is 2. The molecule has 3 aromatic heterocycles. The van der Waals surface area contributed by atoms with E-state index in [-0.39, 0.29) is 22.0 Å². The Morgan fingerprint density at radius 3 is 2.69 bits per heavy atom. The standard InChI is InChI=1S/C27H23ClN4O4/c1-13-9-18(15(3)35-21-7-8-22(28)31-23(21)27(29)34)26-19(10-13)24(33)14(2)25(36-26)16-5-6-20-17(11-16)12-30-32(20)4/h5-12,15H,1-4H3,(H2,29,34)/t15-/m1/s1. The van der Waals surface area contributed by atoms with Crippen molar-refractivity contribution >= 4 is 39.4 Å². The molecule has 5 rings (SSSR count). The number of hydrogen-bond acceptors (Lipinski definition) is 6. The van der Waals surface area contributed by atoms with Gasteiger partial charge in [-0.15, -0.1) is 0 Å². The van der Waals surface area contributed by atoms with Crippen molar-refractivity contribution in [3.63, 3.8) is 0 Å². The lowest BCUT2D eigenvalue weighted by atomic mass is 9.99. The largest absolute Gasteiger partial charge is 0.483 e. The molecule has 3 heterocycles. The number of benzene rings is 2. The molecule has 2 aromatic carbocycles. The lowest BCUT2D eigenvalue weighted by Gasteiger charge is -2.19. The van der Waals surface area contributed by atoms with Crippen LogP contribution in [0.1, 0.15) is 40.2 Å². The molecule has 0 bridgehead atoms. The number of carbonyl (C=O) groups excluding carboxylic acids is 1. The summed E-state index contributed by atoms with van der Waals surface area (Å²) in [7, 11) is 1.87. The SMILES string of the molecule is Cc1cc([C@@H](C)Oc2ccc(Cl)nc2C(N)=O)c2oc(-c3ccc4c(cnn4C)c3)c(C)c(=O)c2c1. The topological polar surface area (TPSA) is 113 Å². The highest BCUT2D eigenvalue weighted by atomic mass is 35.5. The predicted molar refractivity (Wildman–Crippen MR) is 138 cm³/mol. The molecule has 0 aliphatic carbocycles. The fraction of sp³-hybridized carbons (Fsp3) is 0.185. The van der Waals surface area contributed by atoms with Crippen LogP contribution in [0.2, 0.25) is 5.15 Å². The Bertz CT molecular complexity index is 1740. The fourth-order valence-corrected chi connectivity index (χ4v) is 4.55. The monoisotopic (exact) mass is 502 g/mol. The molecule has 1 atom stereocenters. The number of halogens is 1. The maximum atomic E-state index is 13.5. The first kappa shape index (κ1) is 23.6. The van der Waals surface area contributed by atoms with E-state index in [0.717, 1.165) is 22.0 Å². The highest BCUT2D eigenvalue weighted by Crippen LogP contribution is 2.34. The zero-order valence-electron chi connectivity index (χ0n) is 20.1. The van der Waals surface area contributed by atoms with Crippen molar-refractivity contribution in [2.24, 2.45) is 12.8 Å². The van der Waals surface area contributed by atoms with Crippen LogP contribution in [0.25, 0.3) is 33.2 Å². The number of aryl methyl sites for hydroxylation is 2. The number of pyridine rings is 1. The van der Waals surface area contributed by atoms with Crippen LogP contribution in [0, 0.1) is 13.8 Å². The maximum absolute atomic E-state index is 13.5. The Morgan fingerprint density at radius 2 is 1.94 bits per heavy atom. The van der Waals surface area contributed by atoms with E-state index in [1.807, 2.05) is 38.2 Å². The molecule has 9 heteroatoms. The Balaban J connectivity index is 1.67. The van der Waals surface area contributed by atoms with E-state index in [2.05, 4.69) is 10.1 Å². The van der Waals surface area contributed by atoms with Crippen LogP contribution in [0.3, 0.4) is 0 Å². The summed E-state index contributed by atoms with van der Waals surface area (Å²) >= 11 is 5.93. The molecular weight excluding hydrogens is 480 g/mol. The summed E-state index contributed by atoms with van der Waals surface area (Å²) in [5.41, 5.74) is 9.45. The average Bonchev–Trinajstić information content (AvgIpc) is 3.22. The first-order valence-electron chi connectivity index (χ1n) is 11.3. The summed E-state index contributed by atoms with van der Waals surface area (Å²) in [6.45, 7) is 5.46. The zero-order valence-corrected chi connectivity index (χ0v) is 20.9. The van der Waals surface area contributed by atoms with Gasteiger partial charge in [-0.3, -0.25) is 14.3 Å². The Hall–Kier alpha value is -4.17. The first-order chi connectivity index (χ1) is 17.1. The van der Waals surface area contributed by atoms with Gasteiger partial charge in [-0.05, 0) is 68.8 Å². The van der Waals surface area contributed by atoms with Crippen molar-refractivity contribution in [1.29, 1.82) is 0 Å². The third kappa shape index (κ3) is 3.99. The maximum Gasteiger partial charge on any atom is 0.271 e. The summed E-state index contributed by atoms with van der Waals surface area (Å²) in [6, 6.07) is 12.6. The molecule has 1 amide bonds. The summed E-state index contributed by atoms with van der Waals surface area (Å²) in [5.74, 6) is -0.101. The summed E-state index contributed by atoms with van der Waals surface area (Å²) in [6.07, 6.45) is 1.17. The van der Waals surface area contributed by atoms with Crippen molar-refractivity contribution in [3.05, 3.63) is 86.4 Å². The van der Waals surface area contributed by atoms with Gasteiger partial charge in [-0.1, -0.05) is 11.6 Å². The van der Waals surface area contributed by atoms with Crippen LogP contribution in [0.5, 0.6) is 5.75 Å². The molecule has 8 nitrogen and oxygen atoms in total. The first-order valence-corrected chi connectivity index (χ1v) is 11.6. The molecule has 0 fully saturated rings. The molecular formula is C27H23ClN4O4. The molecule has 36 heavy (non-hydrogen) atoms. The Kier molecular flexibility index (Phi) is 5.76. The molecule has 0 spiro atoms. The minimum atomic E-state index is -0.760. The molecule has 182 valence electrons. The van der Waals surface area contributed by atoms with Gasteiger partial charge in [0.05, 0.1) is 17.1 Å². The normalized spacial score (nSPS) is 12.2. The highest BCUT2D eigenvalue weighted by molar-refractivity contribution is 6.29. The van der Waals surface area contributed by atoms with Crippen molar-refractivity contribution in [2.45, 2.75) is 26.9 Å². The molecule has 5 aromatic rings. The minimum absolute atomic E-state index is 0.0749. The molecule has 2 N–H and O–H groups in total. The number of carbonyl (C=O) groups is 1. The molecule has 0 saturated heterocycles. The number of amides is 1. The van der Waals surface area contributed by atoms with Gasteiger partial charge in [0.2, 0.25) is 0 Å². The van der Waals surface area contributed by atoms with Gasteiger partial charge in [-0.25, -0.2) is 4.98 Å². The summed E-state index contributed by atoms with van der Waals surface area (Å²) < 4.78 is 14.3. The van der Waals surface area contributed by atoms with E-state index < -0.39 is 12.0 Å². The third-order valence-corrected chi connectivity index (χ3v) is 6.41. The van der Waals surface area contributed by atoms with Crippen LogP contribution in [0.15, 0.2) is 57.9 Å². The van der Waals surface area contributed by atoms with Gasteiger partial charge in [-0.2, -0.15) is 5.10 Å². The number of hydrogen-bond donors (Lipinski definition) is 1.